The first kappa shape index (κ1) is 16.1. The van der Waals surface area contributed by atoms with Crippen LogP contribution in [-0.4, -0.2) is 65.2 Å². The van der Waals surface area contributed by atoms with Crippen LogP contribution in [0.4, 0.5) is 0 Å². The SMILES string of the molecule is O=C1NCCc2c1cncc2C(=O)N1CCC(CN2CCCC2=O)C1. The lowest BCUT2D eigenvalue weighted by atomic mass is 9.97. The van der Waals surface area contributed by atoms with Crippen LogP contribution in [0.1, 0.15) is 45.5 Å². The third-order valence-corrected chi connectivity index (χ3v) is 5.42. The molecule has 1 atom stereocenters. The highest BCUT2D eigenvalue weighted by molar-refractivity contribution is 6.02. The fraction of sp³-hybridized carbons (Fsp3) is 0.556. The van der Waals surface area contributed by atoms with Gasteiger partial charge in [0.25, 0.3) is 11.8 Å². The van der Waals surface area contributed by atoms with Crippen molar-refractivity contribution < 1.29 is 14.4 Å². The summed E-state index contributed by atoms with van der Waals surface area (Å²) in [6.07, 6.45) is 6.28. The van der Waals surface area contributed by atoms with Gasteiger partial charge >= 0.3 is 0 Å². The number of carbonyl (C=O) groups is 3. The maximum absolute atomic E-state index is 12.9. The van der Waals surface area contributed by atoms with Crippen molar-refractivity contribution in [1.82, 2.24) is 20.1 Å². The van der Waals surface area contributed by atoms with Gasteiger partial charge in [0.05, 0.1) is 11.1 Å². The summed E-state index contributed by atoms with van der Waals surface area (Å²) in [6, 6.07) is 0. The number of nitrogens with one attached hydrogen (secondary N) is 1. The molecule has 1 unspecified atom stereocenters. The van der Waals surface area contributed by atoms with Gasteiger partial charge in [-0.2, -0.15) is 0 Å². The molecule has 1 N–H and O–H groups in total. The van der Waals surface area contributed by atoms with Crippen LogP contribution < -0.4 is 5.32 Å². The number of carbonyl (C=O) groups excluding carboxylic acids is 3. The van der Waals surface area contributed by atoms with E-state index in [4.69, 9.17) is 0 Å². The molecule has 2 saturated heterocycles. The lowest BCUT2D eigenvalue weighted by Gasteiger charge is -2.23. The van der Waals surface area contributed by atoms with Gasteiger partial charge in [-0.05, 0) is 30.7 Å². The lowest BCUT2D eigenvalue weighted by Crippen LogP contribution is -2.36. The highest BCUT2D eigenvalue weighted by atomic mass is 16.2. The van der Waals surface area contributed by atoms with Gasteiger partial charge in [-0.3, -0.25) is 19.4 Å². The van der Waals surface area contributed by atoms with E-state index >= 15 is 0 Å². The maximum Gasteiger partial charge on any atom is 0.255 e. The molecule has 0 radical (unpaired) electrons. The molecule has 0 saturated carbocycles. The first-order valence-corrected chi connectivity index (χ1v) is 8.95. The lowest BCUT2D eigenvalue weighted by molar-refractivity contribution is -0.128. The highest BCUT2D eigenvalue weighted by Gasteiger charge is 2.32. The molecule has 0 spiro atoms. The van der Waals surface area contributed by atoms with Gasteiger partial charge in [-0.25, -0.2) is 0 Å². The number of hydrogen-bond donors (Lipinski definition) is 1. The Morgan fingerprint density at radius 3 is 2.92 bits per heavy atom. The van der Waals surface area contributed by atoms with E-state index in [9.17, 15) is 14.4 Å². The van der Waals surface area contributed by atoms with Crippen molar-refractivity contribution in [3.63, 3.8) is 0 Å². The summed E-state index contributed by atoms with van der Waals surface area (Å²) in [7, 11) is 0. The predicted molar refractivity (Wildman–Crippen MR) is 90.1 cm³/mol. The second-order valence-corrected chi connectivity index (χ2v) is 7.07. The van der Waals surface area contributed by atoms with Gasteiger partial charge in [0.15, 0.2) is 0 Å². The van der Waals surface area contributed by atoms with Crippen LogP contribution in [-0.2, 0) is 11.2 Å². The van der Waals surface area contributed by atoms with Crippen LogP contribution in [0.3, 0.4) is 0 Å². The molecule has 3 amide bonds. The van der Waals surface area contributed by atoms with E-state index in [0.717, 1.165) is 31.5 Å². The first-order chi connectivity index (χ1) is 12.1. The molecule has 3 aliphatic heterocycles. The fourth-order valence-corrected chi connectivity index (χ4v) is 4.08. The van der Waals surface area contributed by atoms with Crippen LogP contribution in [0.2, 0.25) is 0 Å². The van der Waals surface area contributed by atoms with Crippen molar-refractivity contribution in [3.05, 3.63) is 29.1 Å². The molecule has 25 heavy (non-hydrogen) atoms. The van der Waals surface area contributed by atoms with E-state index in [-0.39, 0.29) is 17.7 Å². The van der Waals surface area contributed by atoms with Crippen molar-refractivity contribution in [2.45, 2.75) is 25.7 Å². The number of hydrogen-bond acceptors (Lipinski definition) is 4. The summed E-state index contributed by atoms with van der Waals surface area (Å²) in [6.45, 7) is 3.50. The standard InChI is InChI=1S/C18H22N4O3/c23-16-2-1-6-21(16)10-12-4-7-22(11-12)18(25)15-9-19-8-14-13(15)3-5-20-17(14)24/h8-9,12H,1-7,10-11H2,(H,20,24). The summed E-state index contributed by atoms with van der Waals surface area (Å²) in [5.41, 5.74) is 1.86. The number of likely N-dealkylation sites (tertiary alicyclic amines) is 2. The smallest absolute Gasteiger partial charge is 0.255 e. The predicted octanol–water partition coefficient (Wildman–Crippen LogP) is 0.452. The number of fused-ring (bicyclic) bond motifs is 1. The van der Waals surface area contributed by atoms with Crippen LogP contribution in [0.25, 0.3) is 0 Å². The first-order valence-electron chi connectivity index (χ1n) is 8.95. The number of amides is 3. The summed E-state index contributed by atoms with van der Waals surface area (Å²) < 4.78 is 0. The minimum atomic E-state index is -0.157. The molecule has 132 valence electrons. The third-order valence-electron chi connectivity index (χ3n) is 5.42. The van der Waals surface area contributed by atoms with Crippen molar-refractivity contribution in [2.75, 3.05) is 32.7 Å². The average Bonchev–Trinajstić information content (AvgIpc) is 3.24. The minimum Gasteiger partial charge on any atom is -0.352 e. The molecule has 2 fully saturated rings. The van der Waals surface area contributed by atoms with Gasteiger partial charge in [0, 0.05) is 51.5 Å². The molecule has 7 heteroatoms. The zero-order valence-corrected chi connectivity index (χ0v) is 14.2. The summed E-state index contributed by atoms with van der Waals surface area (Å²) >= 11 is 0. The monoisotopic (exact) mass is 342 g/mol. The average molecular weight is 342 g/mol. The number of rotatable bonds is 3. The molecule has 0 aromatic carbocycles. The summed E-state index contributed by atoms with van der Waals surface area (Å²) in [5, 5.41) is 2.78. The van der Waals surface area contributed by atoms with E-state index < -0.39 is 0 Å². The van der Waals surface area contributed by atoms with Gasteiger partial charge in [-0.15, -0.1) is 0 Å². The molecule has 0 aliphatic carbocycles. The highest BCUT2D eigenvalue weighted by Crippen LogP contribution is 2.24. The van der Waals surface area contributed by atoms with Gasteiger partial charge in [0.1, 0.15) is 0 Å². The molecular weight excluding hydrogens is 320 g/mol. The van der Waals surface area contributed by atoms with E-state index in [2.05, 4.69) is 10.3 Å². The normalized spacial score (nSPS) is 23.0. The van der Waals surface area contributed by atoms with Crippen molar-refractivity contribution >= 4 is 17.7 Å². The van der Waals surface area contributed by atoms with E-state index in [1.54, 1.807) is 6.20 Å². The Bertz CT molecular complexity index is 733. The maximum atomic E-state index is 12.9. The molecular formula is C18H22N4O3. The Kier molecular flexibility index (Phi) is 4.15. The second-order valence-electron chi connectivity index (χ2n) is 7.07. The molecule has 7 nitrogen and oxygen atoms in total. The number of aromatic nitrogens is 1. The van der Waals surface area contributed by atoms with Crippen molar-refractivity contribution in [3.8, 4) is 0 Å². The Hall–Kier alpha value is -2.44. The van der Waals surface area contributed by atoms with Gasteiger partial charge < -0.3 is 15.1 Å². The van der Waals surface area contributed by atoms with Crippen LogP contribution >= 0.6 is 0 Å². The molecule has 1 aromatic heterocycles. The Labute approximate surface area is 146 Å². The molecule has 0 bridgehead atoms. The molecule has 3 aliphatic rings. The van der Waals surface area contributed by atoms with Crippen molar-refractivity contribution in [1.29, 1.82) is 0 Å². The number of nitrogens with zero attached hydrogens (tertiary/aromatic N) is 3. The fourth-order valence-electron chi connectivity index (χ4n) is 4.08. The third kappa shape index (κ3) is 2.99. The zero-order chi connectivity index (χ0) is 17.4. The van der Waals surface area contributed by atoms with Crippen molar-refractivity contribution in [2.24, 2.45) is 5.92 Å². The van der Waals surface area contributed by atoms with E-state index in [0.29, 0.717) is 49.5 Å². The molecule has 4 rings (SSSR count). The minimum absolute atomic E-state index is 0.0469. The zero-order valence-electron chi connectivity index (χ0n) is 14.2. The Balaban J connectivity index is 1.46. The largest absolute Gasteiger partial charge is 0.352 e. The van der Waals surface area contributed by atoms with E-state index in [1.165, 1.54) is 6.20 Å². The molecule has 4 heterocycles. The Morgan fingerprint density at radius 2 is 2.12 bits per heavy atom. The second kappa shape index (κ2) is 6.46. The van der Waals surface area contributed by atoms with Crippen LogP contribution in [0, 0.1) is 5.92 Å². The molecule has 1 aromatic rings. The quantitative estimate of drug-likeness (QED) is 0.865. The van der Waals surface area contributed by atoms with Gasteiger partial charge in [0.2, 0.25) is 5.91 Å². The van der Waals surface area contributed by atoms with E-state index in [1.807, 2.05) is 9.80 Å². The summed E-state index contributed by atoms with van der Waals surface area (Å²) in [5.74, 6) is 0.364. The van der Waals surface area contributed by atoms with Gasteiger partial charge in [-0.1, -0.05) is 0 Å². The topological polar surface area (TPSA) is 82.6 Å². The van der Waals surface area contributed by atoms with Crippen LogP contribution in [0.5, 0.6) is 0 Å². The van der Waals surface area contributed by atoms with Crippen LogP contribution in [0.15, 0.2) is 12.4 Å². The summed E-state index contributed by atoms with van der Waals surface area (Å²) in [4.78, 5) is 44.5. The Morgan fingerprint density at radius 1 is 1.24 bits per heavy atom. The number of pyridine rings is 1.